The van der Waals surface area contributed by atoms with Crippen LogP contribution < -0.4 is 31.4 Å². The SMILES string of the molecule is CCOc1ccc(N2C3=[N+](CCCCC3)CC2(O)c2ccc(OC(F)F)cc2)cc1.[Br-]. The molecule has 0 spiro atoms. The van der Waals surface area contributed by atoms with Gasteiger partial charge in [-0.05, 0) is 74.7 Å². The van der Waals surface area contributed by atoms with E-state index in [1.54, 1.807) is 12.1 Å². The van der Waals surface area contributed by atoms with Crippen LogP contribution in [0.15, 0.2) is 48.5 Å². The van der Waals surface area contributed by atoms with E-state index in [4.69, 9.17) is 4.74 Å². The number of nitrogens with zero attached hydrogens (tertiary/aromatic N) is 2. The first-order valence-corrected chi connectivity index (χ1v) is 10.4. The predicted octanol–water partition coefficient (Wildman–Crippen LogP) is 1.34. The fraction of sp³-hybridized carbons (Fsp3) is 0.435. The molecule has 4 rings (SSSR count). The van der Waals surface area contributed by atoms with Gasteiger partial charge in [-0.1, -0.05) is 0 Å². The third-order valence-corrected chi connectivity index (χ3v) is 5.68. The monoisotopic (exact) mass is 496 g/mol. The van der Waals surface area contributed by atoms with Crippen molar-refractivity contribution in [1.29, 1.82) is 0 Å². The lowest BCUT2D eigenvalue weighted by atomic mass is 9.99. The lowest BCUT2D eigenvalue weighted by molar-refractivity contribution is -0.534. The second kappa shape index (κ2) is 9.96. The Bertz CT molecular complexity index is 906. The molecule has 31 heavy (non-hydrogen) atoms. The number of benzene rings is 2. The van der Waals surface area contributed by atoms with Crippen LogP contribution in [0.1, 0.15) is 38.2 Å². The van der Waals surface area contributed by atoms with Crippen molar-refractivity contribution in [1.82, 2.24) is 0 Å². The van der Waals surface area contributed by atoms with Crippen molar-refractivity contribution in [3.63, 3.8) is 0 Å². The summed E-state index contributed by atoms with van der Waals surface area (Å²) in [5, 5.41) is 11.9. The minimum Gasteiger partial charge on any atom is -1.00 e. The molecule has 0 aromatic heterocycles. The molecule has 2 heterocycles. The van der Waals surface area contributed by atoms with Gasteiger partial charge in [0, 0.05) is 12.0 Å². The van der Waals surface area contributed by atoms with Crippen LogP contribution in [-0.2, 0) is 5.72 Å². The molecule has 0 bridgehead atoms. The summed E-state index contributed by atoms with van der Waals surface area (Å²) < 4.78 is 37.3. The second-order valence-electron chi connectivity index (χ2n) is 7.63. The lowest BCUT2D eigenvalue weighted by Gasteiger charge is -2.29. The molecule has 5 nitrogen and oxygen atoms in total. The Hall–Kier alpha value is -2.19. The maximum Gasteiger partial charge on any atom is 0.387 e. The predicted molar refractivity (Wildman–Crippen MR) is 111 cm³/mol. The average molecular weight is 497 g/mol. The van der Waals surface area contributed by atoms with Gasteiger partial charge in [-0.3, -0.25) is 4.58 Å². The van der Waals surface area contributed by atoms with Crippen LogP contribution in [0.4, 0.5) is 14.5 Å². The highest BCUT2D eigenvalue weighted by atomic mass is 79.9. The molecule has 0 fully saturated rings. The second-order valence-corrected chi connectivity index (χ2v) is 7.63. The highest BCUT2D eigenvalue weighted by Gasteiger charge is 2.54. The van der Waals surface area contributed by atoms with Crippen molar-refractivity contribution >= 4 is 11.5 Å². The number of rotatable bonds is 6. The van der Waals surface area contributed by atoms with E-state index >= 15 is 0 Å². The van der Waals surface area contributed by atoms with Crippen LogP contribution in [-0.4, -0.2) is 41.8 Å². The van der Waals surface area contributed by atoms with Crippen LogP contribution >= 0.6 is 0 Å². The van der Waals surface area contributed by atoms with Crippen LogP contribution in [0, 0.1) is 0 Å². The van der Waals surface area contributed by atoms with Gasteiger partial charge in [0.1, 0.15) is 17.2 Å². The minimum absolute atomic E-state index is 0. The molecule has 2 aliphatic rings. The molecular formula is C23H27BrF2N2O3. The summed E-state index contributed by atoms with van der Waals surface area (Å²) in [7, 11) is 0. The van der Waals surface area contributed by atoms with Crippen molar-refractivity contribution in [3.05, 3.63) is 54.1 Å². The number of hydrogen-bond donors (Lipinski definition) is 1. The summed E-state index contributed by atoms with van der Waals surface area (Å²) in [5.74, 6) is 1.94. The van der Waals surface area contributed by atoms with E-state index < -0.39 is 12.3 Å². The Kier molecular flexibility index (Phi) is 7.54. The third-order valence-electron chi connectivity index (χ3n) is 5.68. The summed E-state index contributed by atoms with van der Waals surface area (Å²) in [6.07, 6.45) is 4.19. The Morgan fingerprint density at radius 2 is 1.71 bits per heavy atom. The van der Waals surface area contributed by atoms with Crippen molar-refractivity contribution < 1.29 is 44.9 Å². The van der Waals surface area contributed by atoms with Crippen LogP contribution in [0.2, 0.25) is 0 Å². The summed E-state index contributed by atoms with van der Waals surface area (Å²) in [6.45, 7) is 0.959. The van der Waals surface area contributed by atoms with Gasteiger partial charge in [0.05, 0.1) is 13.2 Å². The first-order valence-electron chi connectivity index (χ1n) is 10.4. The zero-order valence-electron chi connectivity index (χ0n) is 17.4. The van der Waals surface area contributed by atoms with E-state index in [0.717, 1.165) is 49.5 Å². The Morgan fingerprint density at radius 3 is 2.35 bits per heavy atom. The minimum atomic E-state index is -2.88. The number of ether oxygens (including phenoxy) is 2. The van der Waals surface area contributed by atoms with E-state index in [0.29, 0.717) is 18.7 Å². The van der Waals surface area contributed by atoms with E-state index in [2.05, 4.69) is 9.31 Å². The first-order chi connectivity index (χ1) is 14.5. The van der Waals surface area contributed by atoms with E-state index in [-0.39, 0.29) is 22.7 Å². The Balaban J connectivity index is 0.00000272. The van der Waals surface area contributed by atoms with Gasteiger partial charge in [0.15, 0.2) is 6.54 Å². The highest BCUT2D eigenvalue weighted by molar-refractivity contribution is 5.97. The van der Waals surface area contributed by atoms with Gasteiger partial charge in [-0.2, -0.15) is 13.7 Å². The zero-order valence-corrected chi connectivity index (χ0v) is 19.0. The zero-order chi connectivity index (χ0) is 21.1. The molecule has 0 aliphatic carbocycles. The number of halogens is 3. The molecule has 0 saturated heterocycles. The van der Waals surface area contributed by atoms with E-state index in [1.165, 1.54) is 12.1 Å². The molecule has 168 valence electrons. The maximum atomic E-state index is 12.5. The quantitative estimate of drug-likeness (QED) is 0.613. The average Bonchev–Trinajstić information content (AvgIpc) is 2.85. The number of anilines is 1. The van der Waals surface area contributed by atoms with Crippen molar-refractivity contribution in [3.8, 4) is 11.5 Å². The largest absolute Gasteiger partial charge is 1.00 e. The molecule has 8 heteroatoms. The van der Waals surface area contributed by atoms with Gasteiger partial charge in [-0.15, -0.1) is 0 Å². The molecule has 2 aromatic rings. The summed E-state index contributed by atoms with van der Waals surface area (Å²) in [5.41, 5.74) is 0.204. The maximum absolute atomic E-state index is 12.5. The van der Waals surface area contributed by atoms with Gasteiger partial charge >= 0.3 is 6.61 Å². The van der Waals surface area contributed by atoms with Crippen LogP contribution in [0.5, 0.6) is 11.5 Å². The number of amidine groups is 1. The lowest BCUT2D eigenvalue weighted by Crippen LogP contribution is -3.00. The van der Waals surface area contributed by atoms with Crippen LogP contribution in [0.3, 0.4) is 0 Å². The number of alkyl halides is 2. The smallest absolute Gasteiger partial charge is 0.387 e. The highest BCUT2D eigenvalue weighted by Crippen LogP contribution is 2.38. The molecule has 1 N–H and O–H groups in total. The normalized spacial score (nSPS) is 20.9. The van der Waals surface area contributed by atoms with E-state index in [9.17, 15) is 13.9 Å². The molecule has 0 radical (unpaired) electrons. The standard InChI is InChI=1S/C23H27F2N2O3.BrH/c1-2-29-19-13-9-18(10-14-19)27-21-6-4-3-5-15-26(21)16-23(27,28)17-7-11-20(12-8-17)30-22(24)25;/h7-14,22,28H,2-6,15-16H2,1H3;1H/q+1;/p-1. The topological polar surface area (TPSA) is 44.9 Å². The molecule has 2 aromatic carbocycles. The molecular weight excluding hydrogens is 470 g/mol. The van der Waals surface area contributed by atoms with Crippen molar-refractivity contribution in [2.24, 2.45) is 0 Å². The van der Waals surface area contributed by atoms with Crippen molar-refractivity contribution in [2.45, 2.75) is 44.9 Å². The van der Waals surface area contributed by atoms with Gasteiger partial charge in [0.2, 0.25) is 0 Å². The molecule has 0 amide bonds. The van der Waals surface area contributed by atoms with Gasteiger partial charge in [0.25, 0.3) is 11.6 Å². The number of aliphatic hydroxyl groups is 1. The summed E-state index contributed by atoms with van der Waals surface area (Å²) >= 11 is 0. The third kappa shape index (κ3) is 4.85. The summed E-state index contributed by atoms with van der Waals surface area (Å²) in [4.78, 5) is 1.98. The molecule has 0 saturated carbocycles. The molecule has 2 aliphatic heterocycles. The molecule has 1 atom stereocenters. The van der Waals surface area contributed by atoms with Crippen molar-refractivity contribution in [2.75, 3.05) is 24.6 Å². The first kappa shape index (κ1) is 23.5. The Morgan fingerprint density at radius 1 is 1.03 bits per heavy atom. The fourth-order valence-corrected chi connectivity index (χ4v) is 4.37. The number of hydrogen-bond acceptors (Lipinski definition) is 4. The fourth-order valence-electron chi connectivity index (χ4n) is 4.37. The van der Waals surface area contributed by atoms with Gasteiger partial charge in [-0.25, -0.2) is 0 Å². The van der Waals surface area contributed by atoms with Crippen LogP contribution in [0.25, 0.3) is 0 Å². The van der Waals surface area contributed by atoms with Gasteiger partial charge < -0.3 is 31.6 Å². The molecule has 1 unspecified atom stereocenters. The van der Waals surface area contributed by atoms with E-state index in [1.807, 2.05) is 36.1 Å². The Labute approximate surface area is 191 Å². The summed E-state index contributed by atoms with van der Waals surface area (Å²) in [6, 6.07) is 14.0.